The van der Waals surface area contributed by atoms with Crippen LogP contribution in [0.5, 0.6) is 0 Å². The fourth-order valence-electron chi connectivity index (χ4n) is 1.04. The minimum atomic E-state index is 0.0626. The summed E-state index contributed by atoms with van der Waals surface area (Å²) in [6.07, 6.45) is 0. The van der Waals surface area contributed by atoms with Crippen LogP contribution in [-0.2, 0) is 0 Å². The number of rotatable bonds is 4. The Balaban J connectivity index is 4.31. The predicted octanol–water partition coefficient (Wildman–Crippen LogP) is 4.29. The van der Waals surface area contributed by atoms with Gasteiger partial charge in [-0.25, -0.2) is 0 Å². The lowest BCUT2D eigenvalue weighted by Crippen LogP contribution is -2.25. The second-order valence-electron chi connectivity index (χ2n) is 6.41. The van der Waals surface area contributed by atoms with Gasteiger partial charge in [-0.05, 0) is 16.4 Å². The molecular formula is C15H27N. The Bertz CT molecular complexity index is 294. The normalized spacial score (nSPS) is 12.1. The third-order valence-corrected chi connectivity index (χ3v) is 2.85. The second-order valence-corrected chi connectivity index (χ2v) is 6.41. The number of allylic oxidation sites excluding steroid dienone is 1. The van der Waals surface area contributed by atoms with Crippen LogP contribution >= 0.6 is 0 Å². The monoisotopic (exact) mass is 221 g/mol. The first-order valence-electron chi connectivity index (χ1n) is 5.77. The molecule has 0 fully saturated rings. The van der Waals surface area contributed by atoms with E-state index in [4.69, 9.17) is 0 Å². The van der Waals surface area contributed by atoms with Gasteiger partial charge in [0.1, 0.15) is 0 Å². The fourth-order valence-corrected chi connectivity index (χ4v) is 1.04. The molecule has 0 atom stereocenters. The summed E-state index contributed by atoms with van der Waals surface area (Å²) in [6.45, 7) is 25.9. The first-order valence-corrected chi connectivity index (χ1v) is 5.77. The van der Waals surface area contributed by atoms with Crippen LogP contribution in [0.15, 0.2) is 36.6 Å². The van der Waals surface area contributed by atoms with Gasteiger partial charge in [0.25, 0.3) is 0 Å². The standard InChI is InChI=1S/C15H27N/c1-11(14(4,5)6)10-16-13(3)12(2)15(7,8)9/h16H,1-3,10H2,4-9H3. The van der Waals surface area contributed by atoms with Crippen molar-refractivity contribution in [2.24, 2.45) is 10.8 Å². The predicted molar refractivity (Wildman–Crippen MR) is 74.3 cm³/mol. The molecule has 0 aliphatic rings. The average molecular weight is 221 g/mol. The van der Waals surface area contributed by atoms with E-state index >= 15 is 0 Å². The van der Waals surface area contributed by atoms with Gasteiger partial charge in [0.2, 0.25) is 0 Å². The zero-order chi connectivity index (χ0) is 13.1. The fraction of sp³-hybridized carbons (Fsp3) is 0.600. The van der Waals surface area contributed by atoms with Crippen LogP contribution in [0.4, 0.5) is 0 Å². The van der Waals surface area contributed by atoms with Crippen molar-refractivity contribution in [3.63, 3.8) is 0 Å². The summed E-state index contributed by atoms with van der Waals surface area (Å²) in [6, 6.07) is 0. The van der Waals surface area contributed by atoms with Crippen molar-refractivity contribution in [1.82, 2.24) is 5.32 Å². The largest absolute Gasteiger partial charge is 0.382 e. The molecule has 1 N–H and O–H groups in total. The first-order chi connectivity index (χ1) is 6.96. The Morgan fingerprint density at radius 2 is 1.31 bits per heavy atom. The van der Waals surface area contributed by atoms with Gasteiger partial charge in [0.15, 0.2) is 0 Å². The Morgan fingerprint density at radius 3 is 1.62 bits per heavy atom. The van der Waals surface area contributed by atoms with Crippen molar-refractivity contribution >= 4 is 0 Å². The van der Waals surface area contributed by atoms with Crippen molar-refractivity contribution in [2.45, 2.75) is 41.5 Å². The van der Waals surface area contributed by atoms with E-state index in [9.17, 15) is 0 Å². The smallest absolute Gasteiger partial charge is 0.0362 e. The Hall–Kier alpha value is -0.980. The van der Waals surface area contributed by atoms with Crippen LogP contribution in [0, 0.1) is 10.8 Å². The molecule has 0 aliphatic carbocycles. The molecule has 0 amide bonds. The van der Waals surface area contributed by atoms with Gasteiger partial charge in [-0.3, -0.25) is 0 Å². The van der Waals surface area contributed by atoms with Crippen LogP contribution in [-0.4, -0.2) is 6.54 Å². The molecule has 0 radical (unpaired) electrons. The molecule has 0 bridgehead atoms. The summed E-state index contributed by atoms with van der Waals surface area (Å²) < 4.78 is 0. The second kappa shape index (κ2) is 4.90. The molecule has 0 saturated carbocycles. The minimum absolute atomic E-state index is 0.0626. The van der Waals surface area contributed by atoms with E-state index < -0.39 is 0 Å². The van der Waals surface area contributed by atoms with Gasteiger partial charge in [-0.1, -0.05) is 66.9 Å². The van der Waals surface area contributed by atoms with E-state index in [1.807, 2.05) is 0 Å². The maximum absolute atomic E-state index is 4.09. The highest BCUT2D eigenvalue weighted by Crippen LogP contribution is 2.28. The summed E-state index contributed by atoms with van der Waals surface area (Å²) in [5, 5.41) is 3.30. The number of hydrogen-bond donors (Lipinski definition) is 1. The molecule has 0 saturated heterocycles. The Morgan fingerprint density at radius 1 is 0.875 bits per heavy atom. The Kier molecular flexibility index (Phi) is 4.60. The number of hydrogen-bond acceptors (Lipinski definition) is 1. The molecule has 0 heterocycles. The van der Waals surface area contributed by atoms with Gasteiger partial charge in [-0.2, -0.15) is 0 Å². The minimum Gasteiger partial charge on any atom is -0.382 e. The van der Waals surface area contributed by atoms with Gasteiger partial charge in [-0.15, -0.1) is 0 Å². The van der Waals surface area contributed by atoms with E-state index in [2.05, 4.69) is 66.6 Å². The molecular weight excluding hydrogens is 194 g/mol. The van der Waals surface area contributed by atoms with E-state index in [0.29, 0.717) is 0 Å². The number of nitrogens with one attached hydrogen (secondary N) is 1. The van der Waals surface area contributed by atoms with Crippen LogP contribution < -0.4 is 5.32 Å². The first kappa shape index (κ1) is 15.0. The third-order valence-electron chi connectivity index (χ3n) is 2.85. The highest BCUT2D eigenvalue weighted by molar-refractivity contribution is 5.29. The van der Waals surface area contributed by atoms with E-state index in [1.54, 1.807) is 0 Å². The van der Waals surface area contributed by atoms with Crippen LogP contribution in [0.1, 0.15) is 41.5 Å². The lowest BCUT2D eigenvalue weighted by atomic mass is 9.85. The van der Waals surface area contributed by atoms with E-state index in [0.717, 1.165) is 17.8 Å². The molecule has 0 aromatic heterocycles. The lowest BCUT2D eigenvalue weighted by molar-refractivity contribution is 0.480. The van der Waals surface area contributed by atoms with Crippen LogP contribution in [0.25, 0.3) is 0 Å². The summed E-state index contributed by atoms with van der Waals surface area (Å²) in [7, 11) is 0. The van der Waals surface area contributed by atoms with Gasteiger partial charge in [0, 0.05) is 12.2 Å². The molecule has 0 spiro atoms. The van der Waals surface area contributed by atoms with E-state index in [-0.39, 0.29) is 10.8 Å². The summed E-state index contributed by atoms with van der Waals surface area (Å²) >= 11 is 0. The molecule has 92 valence electrons. The van der Waals surface area contributed by atoms with Crippen LogP contribution in [0.3, 0.4) is 0 Å². The quantitative estimate of drug-likeness (QED) is 0.551. The van der Waals surface area contributed by atoms with E-state index in [1.165, 1.54) is 5.57 Å². The Labute approximate surface area is 101 Å². The topological polar surface area (TPSA) is 12.0 Å². The average Bonchev–Trinajstić information content (AvgIpc) is 2.09. The molecule has 1 nitrogen and oxygen atoms in total. The lowest BCUT2D eigenvalue weighted by Gasteiger charge is -2.27. The summed E-state index contributed by atoms with van der Waals surface area (Å²) in [5.41, 5.74) is 3.34. The third kappa shape index (κ3) is 4.69. The van der Waals surface area contributed by atoms with Gasteiger partial charge >= 0.3 is 0 Å². The maximum atomic E-state index is 4.09. The molecule has 0 aromatic rings. The van der Waals surface area contributed by atoms with Gasteiger partial charge in [0.05, 0.1) is 0 Å². The molecule has 16 heavy (non-hydrogen) atoms. The summed E-state index contributed by atoms with van der Waals surface area (Å²) in [4.78, 5) is 0. The molecule has 0 aromatic carbocycles. The summed E-state index contributed by atoms with van der Waals surface area (Å²) in [5.74, 6) is 0. The van der Waals surface area contributed by atoms with Crippen molar-refractivity contribution in [3.8, 4) is 0 Å². The highest BCUT2D eigenvalue weighted by atomic mass is 14.9. The van der Waals surface area contributed by atoms with Crippen LogP contribution in [0.2, 0.25) is 0 Å². The van der Waals surface area contributed by atoms with Gasteiger partial charge < -0.3 is 5.32 Å². The molecule has 0 unspecified atom stereocenters. The van der Waals surface area contributed by atoms with Crippen molar-refractivity contribution in [2.75, 3.05) is 6.54 Å². The molecule has 1 heteroatoms. The molecule has 0 aliphatic heterocycles. The van der Waals surface area contributed by atoms with Crippen molar-refractivity contribution in [1.29, 1.82) is 0 Å². The maximum Gasteiger partial charge on any atom is 0.0362 e. The highest BCUT2D eigenvalue weighted by Gasteiger charge is 2.19. The zero-order valence-electron chi connectivity index (χ0n) is 11.8. The van der Waals surface area contributed by atoms with Crippen molar-refractivity contribution < 1.29 is 0 Å². The van der Waals surface area contributed by atoms with Crippen molar-refractivity contribution in [3.05, 3.63) is 36.6 Å². The molecule has 0 rings (SSSR count). The SMILES string of the molecule is C=C(NCC(=C)C(C)(C)C)C(=C)C(C)(C)C. The zero-order valence-corrected chi connectivity index (χ0v) is 11.8.